The van der Waals surface area contributed by atoms with Gasteiger partial charge in [-0.1, -0.05) is 51.7 Å². The molecule has 0 radical (unpaired) electrons. The lowest BCUT2D eigenvalue weighted by Crippen LogP contribution is -2.30. The molecule has 3 aromatic heterocycles. The number of rotatable bonds is 3. The van der Waals surface area contributed by atoms with E-state index in [0.717, 1.165) is 11.4 Å². The monoisotopic (exact) mass is 460 g/mol. The minimum Gasteiger partial charge on any atom is -0.308 e. The summed E-state index contributed by atoms with van der Waals surface area (Å²) in [5, 5.41) is 5.38. The molecule has 6 aromatic rings. The molecule has 0 atom stereocenters. The molecule has 0 saturated heterocycles. The molecule has 0 amide bonds. The largest absolute Gasteiger partial charge is 0.308 e. The van der Waals surface area contributed by atoms with Crippen molar-refractivity contribution in [2.75, 3.05) is 0 Å². The number of benzene rings is 3. The van der Waals surface area contributed by atoms with Crippen LogP contribution < -0.4 is 4.57 Å². The average molecular weight is 461 g/mol. The lowest BCUT2D eigenvalue weighted by molar-refractivity contribution is -0.646. The SMILES string of the molecule is Cc1cc2c3ccc(C(C)C)cc3n3c4cc(CC5CCCC5)cc5nc[n+](C)c(c(c1C)c23)c54. The smallest absolute Gasteiger partial charge is 0.287 e. The van der Waals surface area contributed by atoms with Gasteiger partial charge in [0.1, 0.15) is 5.52 Å². The molecule has 176 valence electrons. The summed E-state index contributed by atoms with van der Waals surface area (Å²) in [5.41, 5.74) is 12.0. The first kappa shape index (κ1) is 21.1. The van der Waals surface area contributed by atoms with E-state index in [4.69, 9.17) is 4.98 Å². The molecular formula is C32H34N3+. The fraction of sp³-hybridized carbons (Fsp3) is 0.375. The molecule has 3 aromatic carbocycles. The van der Waals surface area contributed by atoms with E-state index in [1.54, 1.807) is 0 Å². The van der Waals surface area contributed by atoms with Gasteiger partial charge in [-0.25, -0.2) is 4.57 Å². The van der Waals surface area contributed by atoms with Crippen LogP contribution in [0.1, 0.15) is 67.7 Å². The van der Waals surface area contributed by atoms with E-state index in [1.807, 2.05) is 6.33 Å². The Morgan fingerprint density at radius 3 is 2.54 bits per heavy atom. The third-order valence-corrected chi connectivity index (χ3v) is 8.86. The highest BCUT2D eigenvalue weighted by molar-refractivity contribution is 6.25. The van der Waals surface area contributed by atoms with Gasteiger partial charge in [0, 0.05) is 10.8 Å². The summed E-state index contributed by atoms with van der Waals surface area (Å²) in [7, 11) is 2.15. The Morgan fingerprint density at radius 2 is 1.77 bits per heavy atom. The summed E-state index contributed by atoms with van der Waals surface area (Å²) in [6, 6.07) is 14.4. The molecule has 1 aliphatic carbocycles. The van der Waals surface area contributed by atoms with Crippen LogP contribution in [0.2, 0.25) is 0 Å². The highest BCUT2D eigenvalue weighted by atomic mass is 15.0. The van der Waals surface area contributed by atoms with Crippen LogP contribution in [0.25, 0.3) is 49.1 Å². The van der Waals surface area contributed by atoms with Crippen LogP contribution in [0.4, 0.5) is 0 Å². The molecule has 35 heavy (non-hydrogen) atoms. The lowest BCUT2D eigenvalue weighted by atomic mass is 9.94. The average Bonchev–Trinajstić information content (AvgIpc) is 3.46. The first-order valence-electron chi connectivity index (χ1n) is 13.3. The van der Waals surface area contributed by atoms with Crippen molar-refractivity contribution < 1.29 is 4.57 Å². The molecule has 0 spiro atoms. The van der Waals surface area contributed by atoms with Crippen molar-refractivity contribution in [1.82, 2.24) is 9.38 Å². The molecule has 3 nitrogen and oxygen atoms in total. The van der Waals surface area contributed by atoms with Gasteiger partial charge in [-0.2, -0.15) is 0 Å². The standard InChI is InChI=1S/C32H34N3/c1-18(2)23-10-11-24-25-12-19(3)20(4)29-31(25)35(27(24)16-23)28-15-22(13-21-8-6-7-9-21)14-26-30(28)32(29)34(5)17-33-26/h10-12,14-18,21H,6-9,13H2,1-5H3/q+1. The zero-order valence-electron chi connectivity index (χ0n) is 21.6. The third kappa shape index (κ3) is 2.90. The maximum Gasteiger partial charge on any atom is 0.287 e. The van der Waals surface area contributed by atoms with Crippen molar-refractivity contribution in [3.63, 3.8) is 0 Å². The van der Waals surface area contributed by atoms with E-state index >= 15 is 0 Å². The first-order chi connectivity index (χ1) is 16.9. The lowest BCUT2D eigenvalue weighted by Gasteiger charge is -2.16. The van der Waals surface area contributed by atoms with Crippen LogP contribution in [0.5, 0.6) is 0 Å². The number of fused-ring (bicyclic) bond motifs is 5. The summed E-state index contributed by atoms with van der Waals surface area (Å²) in [4.78, 5) is 4.97. The highest BCUT2D eigenvalue weighted by Crippen LogP contribution is 2.42. The molecule has 0 N–H and O–H groups in total. The second-order valence-electron chi connectivity index (χ2n) is 11.4. The molecule has 3 heteroatoms. The summed E-state index contributed by atoms with van der Waals surface area (Å²) < 4.78 is 4.82. The van der Waals surface area contributed by atoms with Crippen LogP contribution in [0.15, 0.2) is 42.7 Å². The molecular weight excluding hydrogens is 426 g/mol. The number of hydrogen-bond acceptors (Lipinski definition) is 1. The number of nitrogens with zero attached hydrogens (tertiary/aromatic N) is 3. The molecule has 1 fully saturated rings. The minimum atomic E-state index is 0.497. The maximum atomic E-state index is 4.97. The molecule has 7 rings (SSSR count). The van der Waals surface area contributed by atoms with E-state index in [0.29, 0.717) is 5.92 Å². The summed E-state index contributed by atoms with van der Waals surface area (Å²) in [6.07, 6.45) is 8.69. The quantitative estimate of drug-likeness (QED) is 0.151. The Kier molecular flexibility index (Phi) is 4.46. The van der Waals surface area contributed by atoms with Crippen LogP contribution in [-0.4, -0.2) is 9.38 Å². The minimum absolute atomic E-state index is 0.497. The Bertz CT molecular complexity index is 1780. The Morgan fingerprint density at radius 1 is 0.971 bits per heavy atom. The van der Waals surface area contributed by atoms with E-state index in [9.17, 15) is 0 Å². The van der Waals surface area contributed by atoms with Crippen molar-refractivity contribution in [3.8, 4) is 0 Å². The second kappa shape index (κ2) is 7.40. The van der Waals surface area contributed by atoms with Crippen molar-refractivity contribution >= 4 is 49.1 Å². The third-order valence-electron chi connectivity index (χ3n) is 8.86. The highest BCUT2D eigenvalue weighted by Gasteiger charge is 2.26. The molecule has 3 heterocycles. The van der Waals surface area contributed by atoms with Crippen molar-refractivity contribution in [3.05, 3.63) is 65.0 Å². The van der Waals surface area contributed by atoms with E-state index in [2.05, 4.69) is 80.1 Å². The second-order valence-corrected chi connectivity index (χ2v) is 11.4. The molecule has 0 unspecified atom stereocenters. The van der Waals surface area contributed by atoms with Gasteiger partial charge in [-0.15, -0.1) is 0 Å². The van der Waals surface area contributed by atoms with E-state index < -0.39 is 0 Å². The van der Waals surface area contributed by atoms with Crippen LogP contribution >= 0.6 is 0 Å². The number of aryl methyl sites for hydroxylation is 3. The zero-order chi connectivity index (χ0) is 24.0. The van der Waals surface area contributed by atoms with Crippen molar-refractivity contribution in [1.29, 1.82) is 0 Å². The number of pyridine rings is 1. The summed E-state index contributed by atoms with van der Waals surface area (Å²) in [5.74, 6) is 1.31. The van der Waals surface area contributed by atoms with Gasteiger partial charge >= 0.3 is 0 Å². The molecule has 0 aliphatic heterocycles. The van der Waals surface area contributed by atoms with Crippen LogP contribution in [0, 0.1) is 19.8 Å². The fourth-order valence-corrected chi connectivity index (χ4v) is 6.86. The van der Waals surface area contributed by atoms with Gasteiger partial charge in [0.2, 0.25) is 0 Å². The summed E-state index contributed by atoms with van der Waals surface area (Å²) in [6.45, 7) is 9.13. The van der Waals surface area contributed by atoms with Crippen LogP contribution in [0.3, 0.4) is 0 Å². The zero-order valence-corrected chi connectivity index (χ0v) is 21.6. The molecule has 0 bridgehead atoms. The van der Waals surface area contributed by atoms with E-state index in [1.165, 1.54) is 98.0 Å². The summed E-state index contributed by atoms with van der Waals surface area (Å²) >= 11 is 0. The van der Waals surface area contributed by atoms with Gasteiger partial charge in [0.05, 0.1) is 34.4 Å². The molecule has 1 saturated carbocycles. The normalized spacial score (nSPS) is 15.4. The Labute approximate surface area is 206 Å². The van der Waals surface area contributed by atoms with E-state index in [-0.39, 0.29) is 0 Å². The maximum absolute atomic E-state index is 4.97. The van der Waals surface area contributed by atoms with Gasteiger partial charge < -0.3 is 4.40 Å². The Hall–Kier alpha value is -3.20. The topological polar surface area (TPSA) is 21.2 Å². The molecule has 1 aliphatic rings. The van der Waals surface area contributed by atoms with Gasteiger partial charge in [-0.05, 0) is 83.6 Å². The predicted molar refractivity (Wildman–Crippen MR) is 147 cm³/mol. The fourth-order valence-electron chi connectivity index (χ4n) is 6.86. The predicted octanol–water partition coefficient (Wildman–Crippen LogP) is 7.68. The first-order valence-corrected chi connectivity index (χ1v) is 13.3. The van der Waals surface area contributed by atoms with Gasteiger partial charge in [0.25, 0.3) is 6.33 Å². The van der Waals surface area contributed by atoms with Gasteiger partial charge in [-0.3, -0.25) is 0 Å². The number of hydrogen-bond donors (Lipinski definition) is 0. The Balaban J connectivity index is 1.73. The van der Waals surface area contributed by atoms with Crippen molar-refractivity contribution in [2.45, 2.75) is 65.7 Å². The van der Waals surface area contributed by atoms with Crippen LogP contribution in [-0.2, 0) is 13.5 Å². The van der Waals surface area contributed by atoms with Gasteiger partial charge in [0.15, 0.2) is 5.52 Å². The van der Waals surface area contributed by atoms with Crippen molar-refractivity contribution in [2.24, 2.45) is 13.0 Å². The number of aromatic nitrogens is 3.